The van der Waals surface area contributed by atoms with Crippen molar-refractivity contribution in [3.63, 3.8) is 0 Å². The van der Waals surface area contributed by atoms with Gasteiger partial charge in [-0.1, -0.05) is 0 Å². The fraction of sp³-hybridized carbons (Fsp3) is 0.308. The van der Waals surface area contributed by atoms with Crippen LogP contribution in [0.4, 0.5) is 10.3 Å². The van der Waals surface area contributed by atoms with Gasteiger partial charge in [0.05, 0.1) is 13.7 Å². The highest BCUT2D eigenvalue weighted by Crippen LogP contribution is 2.11. The highest BCUT2D eigenvalue weighted by Gasteiger charge is 2.07. The molecule has 112 valence electrons. The Morgan fingerprint density at radius 3 is 2.81 bits per heavy atom. The van der Waals surface area contributed by atoms with Crippen molar-refractivity contribution in [1.82, 2.24) is 15.2 Å². The molecule has 7 nitrogen and oxygen atoms in total. The number of ether oxygens (including phenoxy) is 2. The van der Waals surface area contributed by atoms with Gasteiger partial charge in [-0.25, -0.2) is 9.49 Å². The Hall–Kier alpha value is -2.64. The minimum atomic E-state index is -0.316. The van der Waals surface area contributed by atoms with Crippen LogP contribution >= 0.6 is 0 Å². The second-order valence-electron chi connectivity index (χ2n) is 4.12. The molecule has 0 radical (unpaired) electrons. The quantitative estimate of drug-likeness (QED) is 0.759. The van der Waals surface area contributed by atoms with Crippen LogP contribution in [-0.2, 0) is 4.79 Å². The molecule has 1 heterocycles. The van der Waals surface area contributed by atoms with E-state index in [0.29, 0.717) is 18.8 Å². The highest BCUT2D eigenvalue weighted by molar-refractivity contribution is 5.88. The summed E-state index contributed by atoms with van der Waals surface area (Å²) < 4.78 is 22.8. The predicted octanol–water partition coefficient (Wildman–Crippen LogP) is 1.75. The first-order chi connectivity index (χ1) is 10.2. The third kappa shape index (κ3) is 4.75. The van der Waals surface area contributed by atoms with Gasteiger partial charge in [0.15, 0.2) is 0 Å². The minimum Gasteiger partial charge on any atom is -0.494 e. The molecule has 0 aliphatic heterocycles. The van der Waals surface area contributed by atoms with Gasteiger partial charge < -0.3 is 9.47 Å². The number of benzene rings is 1. The molecule has 0 saturated heterocycles. The number of methoxy groups -OCH3 is 1. The van der Waals surface area contributed by atoms with Crippen LogP contribution in [0.25, 0.3) is 0 Å². The number of carbonyl (C=O) groups excluding carboxylic acids is 1. The minimum absolute atomic E-state index is 0.157. The number of nitrogens with one attached hydrogen (secondary N) is 2. The molecule has 0 bridgehead atoms. The number of halogens is 1. The molecule has 0 fully saturated rings. The summed E-state index contributed by atoms with van der Waals surface area (Å²) in [6, 6.07) is 5.87. The van der Waals surface area contributed by atoms with Crippen LogP contribution in [0, 0.1) is 5.82 Å². The SMILES string of the molecule is COc1n[nH]c(NC(=O)CCCOc2ccc(F)cc2)n1. The molecule has 0 unspecified atom stereocenters. The molecule has 21 heavy (non-hydrogen) atoms. The molecule has 0 atom stereocenters. The van der Waals surface area contributed by atoms with Crippen molar-refractivity contribution in [1.29, 1.82) is 0 Å². The fourth-order valence-corrected chi connectivity index (χ4v) is 1.54. The van der Waals surface area contributed by atoms with Gasteiger partial charge in [0.1, 0.15) is 11.6 Å². The van der Waals surface area contributed by atoms with E-state index in [1.807, 2.05) is 0 Å². The number of nitrogens with zero attached hydrogens (tertiary/aromatic N) is 2. The summed E-state index contributed by atoms with van der Waals surface area (Å²) >= 11 is 0. The van der Waals surface area contributed by atoms with E-state index < -0.39 is 0 Å². The second-order valence-corrected chi connectivity index (χ2v) is 4.12. The van der Waals surface area contributed by atoms with Gasteiger partial charge in [-0.3, -0.25) is 10.1 Å². The normalized spacial score (nSPS) is 10.2. The standard InChI is InChI=1S/C13H15FN4O3/c1-20-13-16-12(17-18-13)15-11(19)3-2-8-21-10-6-4-9(14)5-7-10/h4-7H,2-3,8H2,1H3,(H2,15,16,17,18,19). The van der Waals surface area contributed by atoms with Gasteiger partial charge in [-0.2, -0.15) is 4.98 Å². The number of aromatic amines is 1. The van der Waals surface area contributed by atoms with Crippen molar-refractivity contribution in [3.05, 3.63) is 30.1 Å². The van der Waals surface area contributed by atoms with Crippen LogP contribution < -0.4 is 14.8 Å². The highest BCUT2D eigenvalue weighted by atomic mass is 19.1. The van der Waals surface area contributed by atoms with Gasteiger partial charge in [0, 0.05) is 6.42 Å². The molecule has 2 aromatic rings. The largest absolute Gasteiger partial charge is 0.494 e. The maximum atomic E-state index is 12.7. The van der Waals surface area contributed by atoms with E-state index in [0.717, 1.165) is 0 Å². The van der Waals surface area contributed by atoms with E-state index in [1.165, 1.54) is 31.4 Å². The van der Waals surface area contributed by atoms with E-state index >= 15 is 0 Å². The van der Waals surface area contributed by atoms with Crippen molar-refractivity contribution in [3.8, 4) is 11.8 Å². The van der Waals surface area contributed by atoms with E-state index in [9.17, 15) is 9.18 Å². The van der Waals surface area contributed by atoms with E-state index in [-0.39, 0.29) is 30.1 Å². The second kappa shape index (κ2) is 7.22. The molecular formula is C13H15FN4O3. The average molecular weight is 294 g/mol. The van der Waals surface area contributed by atoms with Crippen LogP contribution in [0.15, 0.2) is 24.3 Å². The number of amides is 1. The number of H-pyrrole nitrogens is 1. The van der Waals surface area contributed by atoms with E-state index in [2.05, 4.69) is 20.5 Å². The first-order valence-electron chi connectivity index (χ1n) is 6.32. The number of hydrogen-bond donors (Lipinski definition) is 2. The van der Waals surface area contributed by atoms with Crippen molar-refractivity contribution in [2.24, 2.45) is 0 Å². The Kier molecular flexibility index (Phi) is 5.08. The van der Waals surface area contributed by atoms with Crippen LogP contribution in [0.1, 0.15) is 12.8 Å². The fourth-order valence-electron chi connectivity index (χ4n) is 1.54. The smallest absolute Gasteiger partial charge is 0.336 e. The summed E-state index contributed by atoms with van der Waals surface area (Å²) in [5.41, 5.74) is 0. The molecule has 2 rings (SSSR count). The number of hydrogen-bond acceptors (Lipinski definition) is 5. The summed E-state index contributed by atoms with van der Waals surface area (Å²) in [5.74, 6) is 0.272. The zero-order valence-corrected chi connectivity index (χ0v) is 11.4. The summed E-state index contributed by atoms with van der Waals surface area (Å²) in [6.07, 6.45) is 0.790. The lowest BCUT2D eigenvalue weighted by molar-refractivity contribution is -0.116. The number of aromatic nitrogens is 3. The monoisotopic (exact) mass is 294 g/mol. The lowest BCUT2D eigenvalue weighted by Gasteiger charge is -2.05. The summed E-state index contributed by atoms with van der Waals surface area (Å²) in [7, 11) is 1.43. The summed E-state index contributed by atoms with van der Waals surface area (Å²) in [4.78, 5) is 15.5. The first-order valence-corrected chi connectivity index (χ1v) is 6.32. The lowest BCUT2D eigenvalue weighted by atomic mass is 10.3. The zero-order valence-electron chi connectivity index (χ0n) is 11.4. The maximum absolute atomic E-state index is 12.7. The van der Waals surface area contributed by atoms with Crippen LogP contribution in [0.3, 0.4) is 0 Å². The molecule has 0 spiro atoms. The Labute approximate surface area is 120 Å². The van der Waals surface area contributed by atoms with Gasteiger partial charge in [0.2, 0.25) is 11.9 Å². The summed E-state index contributed by atoms with van der Waals surface area (Å²) in [5, 5.41) is 8.78. The molecule has 0 aliphatic rings. The first kappa shape index (κ1) is 14.8. The molecular weight excluding hydrogens is 279 g/mol. The van der Waals surface area contributed by atoms with Crippen molar-refractivity contribution < 1.29 is 18.7 Å². The molecule has 1 amide bonds. The Morgan fingerprint density at radius 1 is 1.38 bits per heavy atom. The third-order valence-corrected chi connectivity index (χ3v) is 2.54. The molecule has 1 aromatic heterocycles. The van der Waals surface area contributed by atoms with Crippen molar-refractivity contribution >= 4 is 11.9 Å². The third-order valence-electron chi connectivity index (χ3n) is 2.54. The maximum Gasteiger partial charge on any atom is 0.336 e. The summed E-state index contributed by atoms with van der Waals surface area (Å²) in [6.45, 7) is 0.360. The van der Waals surface area contributed by atoms with Crippen LogP contribution in [-0.4, -0.2) is 34.8 Å². The van der Waals surface area contributed by atoms with E-state index in [1.54, 1.807) is 0 Å². The molecule has 0 saturated carbocycles. The number of rotatable bonds is 7. The molecule has 8 heteroatoms. The zero-order chi connectivity index (χ0) is 15.1. The molecule has 0 aliphatic carbocycles. The molecule has 1 aromatic carbocycles. The predicted molar refractivity (Wildman–Crippen MR) is 72.7 cm³/mol. The Balaban J connectivity index is 1.66. The Bertz CT molecular complexity index is 585. The Morgan fingerprint density at radius 2 is 2.14 bits per heavy atom. The van der Waals surface area contributed by atoms with Crippen molar-refractivity contribution in [2.75, 3.05) is 19.0 Å². The van der Waals surface area contributed by atoms with Crippen LogP contribution in [0.2, 0.25) is 0 Å². The van der Waals surface area contributed by atoms with Crippen molar-refractivity contribution in [2.45, 2.75) is 12.8 Å². The number of anilines is 1. The number of carbonyl (C=O) groups is 1. The van der Waals surface area contributed by atoms with Gasteiger partial charge in [-0.05, 0) is 30.7 Å². The van der Waals surface area contributed by atoms with Crippen LogP contribution in [0.5, 0.6) is 11.8 Å². The van der Waals surface area contributed by atoms with E-state index in [4.69, 9.17) is 9.47 Å². The lowest BCUT2D eigenvalue weighted by Crippen LogP contribution is -2.13. The van der Waals surface area contributed by atoms with Gasteiger partial charge in [-0.15, -0.1) is 5.10 Å². The van der Waals surface area contributed by atoms with Gasteiger partial charge in [0.25, 0.3) is 0 Å². The topological polar surface area (TPSA) is 89.1 Å². The average Bonchev–Trinajstić information content (AvgIpc) is 2.93. The molecule has 2 N–H and O–H groups in total. The van der Waals surface area contributed by atoms with Gasteiger partial charge >= 0.3 is 6.01 Å².